The SMILES string of the molecule is COc1ccc(S(=O)(=O)N(c2ccccc2F)[C@@H](C)C(=O)NO)cc1. The van der Waals surface area contributed by atoms with Crippen molar-refractivity contribution in [3.05, 3.63) is 54.3 Å². The molecule has 0 saturated carbocycles. The molecule has 0 aromatic heterocycles. The van der Waals surface area contributed by atoms with Gasteiger partial charge in [-0.15, -0.1) is 0 Å². The van der Waals surface area contributed by atoms with Gasteiger partial charge in [0.2, 0.25) is 0 Å². The van der Waals surface area contributed by atoms with Gasteiger partial charge in [0.05, 0.1) is 17.7 Å². The summed E-state index contributed by atoms with van der Waals surface area (Å²) >= 11 is 0. The number of para-hydroxylation sites is 1. The average Bonchev–Trinajstić information content (AvgIpc) is 2.62. The number of hydrogen-bond donors (Lipinski definition) is 2. The van der Waals surface area contributed by atoms with E-state index in [4.69, 9.17) is 9.94 Å². The van der Waals surface area contributed by atoms with Crippen LogP contribution in [0.25, 0.3) is 0 Å². The minimum atomic E-state index is -4.29. The van der Waals surface area contributed by atoms with Crippen molar-refractivity contribution in [3.63, 3.8) is 0 Å². The van der Waals surface area contributed by atoms with Gasteiger partial charge < -0.3 is 4.74 Å². The highest BCUT2D eigenvalue weighted by Crippen LogP contribution is 2.29. The Labute approximate surface area is 144 Å². The first-order valence-electron chi connectivity index (χ1n) is 7.20. The zero-order chi connectivity index (χ0) is 18.6. The van der Waals surface area contributed by atoms with Crippen LogP contribution in [0.1, 0.15) is 6.92 Å². The maximum atomic E-state index is 14.2. The Morgan fingerprint density at radius 2 is 1.80 bits per heavy atom. The van der Waals surface area contributed by atoms with E-state index in [2.05, 4.69) is 0 Å². The Bertz CT molecular complexity index is 855. The summed E-state index contributed by atoms with van der Waals surface area (Å²) in [4.78, 5) is 11.6. The lowest BCUT2D eigenvalue weighted by Crippen LogP contribution is -2.47. The maximum absolute atomic E-state index is 14.2. The third kappa shape index (κ3) is 3.72. The number of rotatable bonds is 6. The minimum Gasteiger partial charge on any atom is -0.497 e. The number of amides is 1. The van der Waals surface area contributed by atoms with Crippen LogP contribution in [0.3, 0.4) is 0 Å². The zero-order valence-corrected chi connectivity index (χ0v) is 14.3. The highest BCUT2D eigenvalue weighted by Gasteiger charge is 2.34. The minimum absolute atomic E-state index is 0.158. The van der Waals surface area contributed by atoms with Gasteiger partial charge in [-0.05, 0) is 43.3 Å². The van der Waals surface area contributed by atoms with E-state index in [9.17, 15) is 17.6 Å². The second-order valence-corrected chi connectivity index (χ2v) is 6.89. The van der Waals surface area contributed by atoms with E-state index in [0.717, 1.165) is 6.07 Å². The van der Waals surface area contributed by atoms with Crippen LogP contribution in [0.5, 0.6) is 5.75 Å². The van der Waals surface area contributed by atoms with Crippen molar-refractivity contribution in [1.29, 1.82) is 0 Å². The number of anilines is 1. The number of ether oxygens (including phenoxy) is 1. The molecular weight excluding hydrogens is 351 g/mol. The lowest BCUT2D eigenvalue weighted by Gasteiger charge is -2.29. The molecule has 0 saturated heterocycles. The van der Waals surface area contributed by atoms with Gasteiger partial charge >= 0.3 is 0 Å². The Kier molecular flexibility index (Phi) is 5.60. The number of sulfonamides is 1. The molecule has 7 nitrogen and oxygen atoms in total. The molecular formula is C16H17FN2O5S. The van der Waals surface area contributed by atoms with Gasteiger partial charge in [0.15, 0.2) is 0 Å². The molecule has 0 aliphatic rings. The van der Waals surface area contributed by atoms with Crippen molar-refractivity contribution in [2.45, 2.75) is 17.9 Å². The summed E-state index contributed by atoms with van der Waals surface area (Å²) in [5.74, 6) is -1.38. The van der Waals surface area contributed by atoms with E-state index in [1.165, 1.54) is 62.0 Å². The van der Waals surface area contributed by atoms with Crippen LogP contribution < -0.4 is 14.5 Å². The van der Waals surface area contributed by atoms with Crippen molar-refractivity contribution in [1.82, 2.24) is 5.48 Å². The summed E-state index contributed by atoms with van der Waals surface area (Å²) in [6.07, 6.45) is 0. The van der Waals surface area contributed by atoms with E-state index in [1.807, 2.05) is 0 Å². The summed E-state index contributed by atoms with van der Waals surface area (Å²) in [7, 11) is -2.86. The first-order valence-corrected chi connectivity index (χ1v) is 8.64. The van der Waals surface area contributed by atoms with Crippen LogP contribution in [-0.2, 0) is 14.8 Å². The largest absolute Gasteiger partial charge is 0.497 e. The monoisotopic (exact) mass is 368 g/mol. The smallest absolute Gasteiger partial charge is 0.266 e. The first-order chi connectivity index (χ1) is 11.8. The van der Waals surface area contributed by atoms with Crippen molar-refractivity contribution < 1.29 is 27.5 Å². The van der Waals surface area contributed by atoms with Gasteiger partial charge in [-0.1, -0.05) is 12.1 Å². The van der Waals surface area contributed by atoms with E-state index < -0.39 is 27.8 Å². The van der Waals surface area contributed by atoms with Gasteiger partial charge in [0.1, 0.15) is 17.6 Å². The Morgan fingerprint density at radius 3 is 2.32 bits per heavy atom. The lowest BCUT2D eigenvalue weighted by molar-refractivity contribution is -0.129. The van der Waals surface area contributed by atoms with Gasteiger partial charge in [0, 0.05) is 0 Å². The Morgan fingerprint density at radius 1 is 1.20 bits per heavy atom. The van der Waals surface area contributed by atoms with Gasteiger partial charge in [-0.2, -0.15) is 0 Å². The topological polar surface area (TPSA) is 95.9 Å². The van der Waals surface area contributed by atoms with Crippen LogP contribution in [0.2, 0.25) is 0 Å². The molecule has 0 spiro atoms. The predicted molar refractivity (Wildman–Crippen MR) is 88.5 cm³/mol. The molecule has 1 amide bonds. The fourth-order valence-electron chi connectivity index (χ4n) is 2.24. The molecule has 2 rings (SSSR count). The van der Waals surface area contributed by atoms with Crippen molar-refractivity contribution in [2.24, 2.45) is 0 Å². The quantitative estimate of drug-likeness (QED) is 0.600. The van der Waals surface area contributed by atoms with E-state index >= 15 is 0 Å². The summed E-state index contributed by atoms with van der Waals surface area (Å²) < 4.78 is 45.8. The maximum Gasteiger partial charge on any atom is 0.266 e. The Hall–Kier alpha value is -2.65. The Balaban J connectivity index is 2.61. The molecule has 2 aromatic rings. The molecule has 2 N–H and O–H groups in total. The van der Waals surface area contributed by atoms with Gasteiger partial charge in [-0.25, -0.2) is 18.3 Å². The molecule has 9 heteroatoms. The molecule has 0 unspecified atom stereocenters. The summed E-state index contributed by atoms with van der Waals surface area (Å²) in [6, 6.07) is 9.19. The lowest BCUT2D eigenvalue weighted by atomic mass is 10.2. The van der Waals surface area contributed by atoms with Crippen LogP contribution in [0.15, 0.2) is 53.4 Å². The standard InChI is InChI=1S/C16H17FN2O5S/c1-11(16(20)18-21)19(15-6-4-3-5-14(15)17)25(22,23)13-9-7-12(24-2)8-10-13/h3-11,21H,1-2H3,(H,18,20)/t11-/m0/s1. The van der Waals surface area contributed by atoms with Crippen molar-refractivity contribution in [2.75, 3.05) is 11.4 Å². The molecule has 0 heterocycles. The highest BCUT2D eigenvalue weighted by atomic mass is 32.2. The van der Waals surface area contributed by atoms with Crippen LogP contribution in [0.4, 0.5) is 10.1 Å². The predicted octanol–water partition coefficient (Wildman–Crippen LogP) is 1.92. The number of methoxy groups -OCH3 is 1. The summed E-state index contributed by atoms with van der Waals surface area (Å²) in [6.45, 7) is 1.24. The number of hydrogen-bond acceptors (Lipinski definition) is 5. The highest BCUT2D eigenvalue weighted by molar-refractivity contribution is 7.93. The molecule has 0 radical (unpaired) electrons. The molecule has 25 heavy (non-hydrogen) atoms. The summed E-state index contributed by atoms with van der Waals surface area (Å²) in [5.41, 5.74) is 1.08. The van der Waals surface area contributed by atoms with Crippen LogP contribution in [-0.4, -0.2) is 32.7 Å². The van der Waals surface area contributed by atoms with E-state index in [0.29, 0.717) is 10.1 Å². The number of carbonyl (C=O) groups excluding carboxylic acids is 1. The van der Waals surface area contributed by atoms with Crippen LogP contribution >= 0.6 is 0 Å². The third-order valence-corrected chi connectivity index (χ3v) is 5.45. The number of carbonyl (C=O) groups is 1. The first kappa shape index (κ1) is 18.7. The second kappa shape index (κ2) is 7.49. The second-order valence-electron chi connectivity index (χ2n) is 5.08. The molecule has 134 valence electrons. The fraction of sp³-hybridized carbons (Fsp3) is 0.188. The molecule has 1 atom stereocenters. The van der Waals surface area contributed by atoms with E-state index in [-0.39, 0.29) is 10.6 Å². The number of halogens is 1. The fourth-order valence-corrected chi connectivity index (χ4v) is 3.86. The van der Waals surface area contributed by atoms with E-state index in [1.54, 1.807) is 0 Å². The molecule has 0 aliphatic carbocycles. The third-order valence-electron chi connectivity index (χ3n) is 3.55. The summed E-state index contributed by atoms with van der Waals surface area (Å²) in [5, 5.41) is 8.84. The zero-order valence-electron chi connectivity index (χ0n) is 13.5. The normalized spacial score (nSPS) is 12.3. The van der Waals surface area contributed by atoms with Crippen LogP contribution in [0, 0.1) is 5.82 Å². The van der Waals surface area contributed by atoms with Gasteiger partial charge in [-0.3, -0.25) is 14.3 Å². The molecule has 0 aliphatic heterocycles. The number of nitrogens with one attached hydrogen (secondary N) is 1. The van der Waals surface area contributed by atoms with Crippen molar-refractivity contribution >= 4 is 21.6 Å². The number of hydroxylamine groups is 1. The molecule has 2 aromatic carbocycles. The molecule has 0 fully saturated rings. The molecule has 0 bridgehead atoms. The van der Waals surface area contributed by atoms with Gasteiger partial charge in [0.25, 0.3) is 15.9 Å². The number of benzene rings is 2. The average molecular weight is 368 g/mol. The number of nitrogens with zero attached hydrogens (tertiary/aromatic N) is 1. The van der Waals surface area contributed by atoms with Crippen molar-refractivity contribution in [3.8, 4) is 5.75 Å².